The average Bonchev–Trinajstić information content (AvgIpc) is 1.64. The number of aliphatic hydroxyl groups excluding tert-OH is 1. The molecule has 0 bridgehead atoms. The molecule has 6 aliphatic heterocycles. The highest BCUT2D eigenvalue weighted by Crippen LogP contribution is 2.42. The van der Waals surface area contributed by atoms with E-state index < -0.39 is 30.1 Å². The Bertz CT molecular complexity index is 3980. The van der Waals surface area contributed by atoms with Crippen LogP contribution in [0.3, 0.4) is 0 Å². The second-order valence-electron chi connectivity index (χ2n) is 28.1. The van der Waals surface area contributed by atoms with E-state index in [1.807, 2.05) is 30.7 Å². The van der Waals surface area contributed by atoms with Crippen LogP contribution >= 0.6 is 0 Å². The Labute approximate surface area is 660 Å². The predicted octanol–water partition coefficient (Wildman–Crippen LogP) is 6.36. The van der Waals surface area contributed by atoms with Gasteiger partial charge in [0, 0.05) is 119 Å². The Kier molecular flexibility index (Phi) is 33.9. The fraction of sp³-hybridized carbons (Fsp3) is 0.524. The summed E-state index contributed by atoms with van der Waals surface area (Å²) in [4.78, 5) is 110. The Hall–Kier alpha value is -9.67. The van der Waals surface area contributed by atoms with Crippen molar-refractivity contribution in [3.63, 3.8) is 0 Å². The standard InChI is InChI=1S/C82H109N11O20/c1-56(2)78(88-75(95)21-30-104-32-34-106-36-38-108-40-42-110-44-45-111-43-41-109-39-37-107-35-33-105-31-22-83-74(94)20-23-91-76(96)18-19-77(91)97)80(99)86-57(3)79(98)87-62-14-10-58(11-15-62)60-46-64-52-84-68-50-72(70(102-5)48-66(68)81(100)92(64)54-60)112-28-8-7-9-29-113-73-51-69-67(49-71(73)103-6)82(101)93-55-61(47-65(93)53-85-69)59-12-16-63(17-13-59)90-26-24-89(4)25-27-90/h10-19,48-57,64-65,76,78,96H,7-9,20-47H2,1-6H3,(H,83,94)(H,86,99)(H,87,98)(H,88,95)/t57-,64-,65-,76?,78-/m0/s1. The summed E-state index contributed by atoms with van der Waals surface area (Å²) in [5.74, 6) is -0.704. The minimum atomic E-state index is -0.983. The molecule has 4 aromatic carbocycles. The third kappa shape index (κ3) is 25.7. The number of aliphatic imine (C=N–C) groups is 2. The van der Waals surface area contributed by atoms with Crippen molar-refractivity contribution in [1.29, 1.82) is 0 Å². The number of nitrogens with zero attached hydrogens (tertiary/aromatic N) is 7. The van der Waals surface area contributed by atoms with Crippen LogP contribution in [0.15, 0.2) is 107 Å². The van der Waals surface area contributed by atoms with Crippen LogP contribution in [0.2, 0.25) is 0 Å². The van der Waals surface area contributed by atoms with E-state index in [-0.39, 0.29) is 80.1 Å². The molecule has 7 amide bonds. The van der Waals surface area contributed by atoms with Crippen LogP contribution in [0, 0.1) is 5.92 Å². The van der Waals surface area contributed by atoms with Gasteiger partial charge in [0.2, 0.25) is 29.5 Å². The zero-order valence-electron chi connectivity index (χ0n) is 65.6. The van der Waals surface area contributed by atoms with Gasteiger partial charge in [-0.1, -0.05) is 38.1 Å². The molecule has 0 spiro atoms. The fourth-order valence-corrected chi connectivity index (χ4v) is 13.1. The molecule has 612 valence electrons. The van der Waals surface area contributed by atoms with Crippen molar-refractivity contribution in [2.75, 3.05) is 190 Å². The number of rotatable bonds is 49. The number of piperazine rings is 1. The van der Waals surface area contributed by atoms with Gasteiger partial charge in [0.15, 0.2) is 23.0 Å². The minimum absolute atomic E-state index is 0.0156. The Morgan fingerprint density at radius 1 is 0.531 bits per heavy atom. The lowest BCUT2D eigenvalue weighted by atomic mass is 10.0. The molecule has 31 heteroatoms. The summed E-state index contributed by atoms with van der Waals surface area (Å²) in [6, 6.07) is 20.4. The van der Waals surface area contributed by atoms with Crippen molar-refractivity contribution in [3.05, 3.63) is 120 Å². The summed E-state index contributed by atoms with van der Waals surface area (Å²) in [7, 11) is 5.25. The topological polar surface area (TPSA) is 340 Å². The molecule has 113 heavy (non-hydrogen) atoms. The van der Waals surface area contributed by atoms with Crippen LogP contribution in [0.25, 0.3) is 11.1 Å². The van der Waals surface area contributed by atoms with Gasteiger partial charge in [0.25, 0.3) is 11.8 Å². The first-order chi connectivity index (χ1) is 54.9. The number of hydrogen-bond acceptors (Lipinski definition) is 24. The van der Waals surface area contributed by atoms with Gasteiger partial charge >= 0.3 is 0 Å². The number of aliphatic hydroxyl groups is 1. The van der Waals surface area contributed by atoms with E-state index in [9.17, 15) is 38.7 Å². The smallest absolute Gasteiger partial charge is 0.260 e. The van der Waals surface area contributed by atoms with E-state index in [2.05, 4.69) is 62.4 Å². The Morgan fingerprint density at radius 2 is 1.00 bits per heavy atom. The maximum atomic E-state index is 14.2. The Balaban J connectivity index is 0.535. The number of fused-ring (bicyclic) bond motifs is 4. The molecule has 5 N–H and O–H groups in total. The first-order valence-corrected chi connectivity index (χ1v) is 38.9. The van der Waals surface area contributed by atoms with Crippen molar-refractivity contribution >= 4 is 87.7 Å². The van der Waals surface area contributed by atoms with E-state index in [1.54, 1.807) is 80.3 Å². The van der Waals surface area contributed by atoms with Gasteiger partial charge in [0.1, 0.15) is 18.3 Å². The zero-order valence-corrected chi connectivity index (χ0v) is 65.6. The second kappa shape index (κ2) is 44.7. The molecular weight excluding hydrogens is 1460 g/mol. The van der Waals surface area contributed by atoms with Crippen LogP contribution in [-0.2, 0) is 61.9 Å². The number of likely N-dealkylation sites (N-methyl/N-ethyl adjacent to an activating group) is 1. The molecular formula is C82H109N11O20. The van der Waals surface area contributed by atoms with E-state index in [0.717, 1.165) is 61.3 Å². The molecule has 1 fully saturated rings. The molecule has 4 aromatic rings. The molecule has 0 aliphatic carbocycles. The molecule has 0 radical (unpaired) electrons. The number of unbranched alkanes of at least 4 members (excludes halogenated alkanes) is 2. The quantitative estimate of drug-likeness (QED) is 0.0300. The lowest BCUT2D eigenvalue weighted by Crippen LogP contribution is -2.53. The van der Waals surface area contributed by atoms with Gasteiger partial charge in [-0.05, 0) is 104 Å². The highest BCUT2D eigenvalue weighted by atomic mass is 16.6. The number of methoxy groups -OCH3 is 2. The maximum Gasteiger partial charge on any atom is 0.260 e. The summed E-state index contributed by atoms with van der Waals surface area (Å²) >= 11 is 0. The minimum Gasteiger partial charge on any atom is -0.493 e. The van der Waals surface area contributed by atoms with Crippen LogP contribution < -0.4 is 45.1 Å². The fourth-order valence-electron chi connectivity index (χ4n) is 13.1. The molecule has 1 unspecified atom stereocenters. The molecule has 6 heterocycles. The summed E-state index contributed by atoms with van der Waals surface area (Å²) in [6.45, 7) is 16.2. The number of carbonyl (C=O) groups is 7. The van der Waals surface area contributed by atoms with Gasteiger partial charge in [-0.25, -0.2) is 0 Å². The average molecular weight is 1570 g/mol. The van der Waals surface area contributed by atoms with Crippen molar-refractivity contribution in [2.24, 2.45) is 15.9 Å². The molecule has 1 saturated heterocycles. The first kappa shape index (κ1) is 85.8. The Morgan fingerprint density at radius 3 is 1.46 bits per heavy atom. The third-order valence-electron chi connectivity index (χ3n) is 19.6. The number of anilines is 2. The van der Waals surface area contributed by atoms with Gasteiger partial charge in [0.05, 0.1) is 168 Å². The van der Waals surface area contributed by atoms with E-state index in [1.165, 1.54) is 29.8 Å². The molecule has 0 aromatic heterocycles. The number of amides is 7. The van der Waals surface area contributed by atoms with Gasteiger partial charge in [-0.15, -0.1) is 0 Å². The molecule has 6 aliphatic rings. The van der Waals surface area contributed by atoms with Crippen LogP contribution in [0.5, 0.6) is 23.0 Å². The highest BCUT2D eigenvalue weighted by Gasteiger charge is 2.36. The van der Waals surface area contributed by atoms with E-state index >= 15 is 0 Å². The predicted molar refractivity (Wildman–Crippen MR) is 423 cm³/mol. The van der Waals surface area contributed by atoms with Crippen molar-refractivity contribution in [2.45, 2.75) is 96.1 Å². The monoisotopic (exact) mass is 1570 g/mol. The molecule has 10 rings (SSSR count). The van der Waals surface area contributed by atoms with Gasteiger partial charge in [-0.3, -0.25) is 43.5 Å². The van der Waals surface area contributed by atoms with Crippen LogP contribution in [-0.4, -0.2) is 288 Å². The highest BCUT2D eigenvalue weighted by molar-refractivity contribution is 6.07. The van der Waals surface area contributed by atoms with Crippen molar-refractivity contribution < 1.29 is 95.5 Å². The zero-order chi connectivity index (χ0) is 79.9. The van der Waals surface area contributed by atoms with Gasteiger partial charge < -0.3 is 108 Å². The molecule has 31 nitrogen and oxygen atoms in total. The largest absolute Gasteiger partial charge is 0.493 e. The number of ether oxygens (including phenoxy) is 12. The first-order valence-electron chi connectivity index (χ1n) is 38.9. The SMILES string of the molecule is COc1cc2c(cc1OCCCCCOc1cc3c(cc1OC)C(=O)N1C=C(c4ccc(N5CCN(C)CC5)cc4)C[C@H]1C=N3)N=C[C@@H]1CC(c3ccc(NC(=O)[C@H](C)NC(=O)[C@@H](NC(=O)CCOCCOCCOCCOCCOCCOCCOCCOCCNC(=O)CCN4C(=O)C=CC4O)C(C)C)cc3)=CN1C2=O. The summed E-state index contributed by atoms with van der Waals surface area (Å²) in [5, 5.41) is 20.8. The van der Waals surface area contributed by atoms with Crippen LogP contribution in [0.4, 0.5) is 22.7 Å². The number of hydrogen-bond donors (Lipinski definition) is 5. The lowest BCUT2D eigenvalue weighted by Gasteiger charge is -2.34. The summed E-state index contributed by atoms with van der Waals surface area (Å²) in [5.41, 5.74) is 7.47. The number of carbonyl (C=O) groups excluding carboxylic acids is 7. The number of nitrogens with one attached hydrogen (secondary N) is 4. The maximum absolute atomic E-state index is 14.2. The molecule has 5 atom stereocenters. The summed E-state index contributed by atoms with van der Waals surface area (Å²) in [6.07, 6.45) is 12.6. The second-order valence-corrected chi connectivity index (χ2v) is 28.1. The third-order valence-corrected chi connectivity index (χ3v) is 19.6. The lowest BCUT2D eigenvalue weighted by molar-refractivity contribution is -0.132. The van der Waals surface area contributed by atoms with Crippen LogP contribution in [0.1, 0.15) is 97.6 Å². The van der Waals surface area contributed by atoms with E-state index in [4.69, 9.17) is 66.8 Å². The number of benzene rings is 4. The molecule has 0 saturated carbocycles. The van der Waals surface area contributed by atoms with Crippen molar-refractivity contribution in [3.8, 4) is 23.0 Å². The van der Waals surface area contributed by atoms with Gasteiger partial charge in [-0.2, -0.15) is 0 Å². The van der Waals surface area contributed by atoms with Crippen molar-refractivity contribution in [1.82, 2.24) is 35.6 Å². The van der Waals surface area contributed by atoms with E-state index in [0.29, 0.717) is 183 Å². The summed E-state index contributed by atoms with van der Waals surface area (Å²) < 4.78 is 68.1. The normalized spacial score (nSPS) is 17.6.